The van der Waals surface area contributed by atoms with Gasteiger partial charge < -0.3 is 9.88 Å². The summed E-state index contributed by atoms with van der Waals surface area (Å²) in [5.41, 5.74) is 2.20. The average Bonchev–Trinajstić information content (AvgIpc) is 3.25. The Hall–Kier alpha value is -3.62. The highest BCUT2D eigenvalue weighted by atomic mass is 35.5. The lowest BCUT2D eigenvalue weighted by molar-refractivity contribution is 0.0951. The molecule has 4 aromatic rings. The molecular weight excluding hydrogens is 460 g/mol. The maximum absolute atomic E-state index is 12.9. The predicted octanol–water partition coefficient (Wildman–Crippen LogP) is 4.56. The number of para-hydroxylation sites is 1. The number of amides is 1. The Morgan fingerprint density at radius 3 is 2.48 bits per heavy atom. The summed E-state index contributed by atoms with van der Waals surface area (Å²) in [5.74, 6) is 0.410. The van der Waals surface area contributed by atoms with E-state index >= 15 is 0 Å². The van der Waals surface area contributed by atoms with Gasteiger partial charge in [0, 0.05) is 24.6 Å². The fraction of sp³-hybridized carbons (Fsp3) is 0.0833. The molecule has 4 rings (SSSR count). The van der Waals surface area contributed by atoms with Gasteiger partial charge in [-0.1, -0.05) is 48.0 Å². The number of carbonyl (C=O) groups is 1. The van der Waals surface area contributed by atoms with Gasteiger partial charge in [0.05, 0.1) is 21.2 Å². The fourth-order valence-electron chi connectivity index (χ4n) is 3.38. The molecule has 3 aromatic carbocycles. The summed E-state index contributed by atoms with van der Waals surface area (Å²) in [6.07, 6.45) is 3.57. The van der Waals surface area contributed by atoms with Crippen LogP contribution in [0.3, 0.4) is 0 Å². The normalized spacial score (nSPS) is 11.2. The maximum Gasteiger partial charge on any atom is 0.261 e. The number of hydrogen-bond donors (Lipinski definition) is 2. The first-order valence-electron chi connectivity index (χ1n) is 10.1. The molecular formula is C24H21ClN4O3S. The predicted molar refractivity (Wildman–Crippen MR) is 128 cm³/mol. The summed E-state index contributed by atoms with van der Waals surface area (Å²) < 4.78 is 29.6. The highest BCUT2D eigenvalue weighted by Gasteiger charge is 2.17. The first-order chi connectivity index (χ1) is 15.8. The lowest BCUT2D eigenvalue weighted by Crippen LogP contribution is -2.24. The van der Waals surface area contributed by atoms with Gasteiger partial charge in [-0.25, -0.2) is 13.4 Å². The molecule has 0 aliphatic carbocycles. The molecule has 1 amide bonds. The standard InChI is InChI=1S/C24H21ClN4O3S/c1-17-26-13-14-29(17)23-10-6-5-7-18(23)16-27-24(30)21-15-19(11-12-22(21)25)28-33(31,32)20-8-3-2-4-9-20/h2-15,28H,16H2,1H3,(H,27,30). The minimum absolute atomic E-state index is 0.123. The van der Waals surface area contributed by atoms with Crippen LogP contribution < -0.4 is 10.0 Å². The number of rotatable bonds is 7. The van der Waals surface area contributed by atoms with E-state index in [2.05, 4.69) is 15.0 Å². The zero-order valence-corrected chi connectivity index (χ0v) is 19.3. The van der Waals surface area contributed by atoms with Crippen molar-refractivity contribution in [3.63, 3.8) is 0 Å². The second-order valence-corrected chi connectivity index (χ2v) is 9.36. The Balaban J connectivity index is 1.53. The Kier molecular flexibility index (Phi) is 6.48. The molecule has 1 aromatic heterocycles. The molecule has 0 spiro atoms. The van der Waals surface area contributed by atoms with Gasteiger partial charge in [0.1, 0.15) is 5.82 Å². The summed E-state index contributed by atoms with van der Waals surface area (Å²) in [7, 11) is -3.79. The highest BCUT2D eigenvalue weighted by Crippen LogP contribution is 2.23. The van der Waals surface area contributed by atoms with Gasteiger partial charge in [0.25, 0.3) is 15.9 Å². The molecule has 0 fully saturated rings. The molecule has 0 bridgehead atoms. The number of aryl methyl sites for hydroxylation is 1. The van der Waals surface area contributed by atoms with Crippen LogP contribution in [0.15, 0.2) is 90.1 Å². The average molecular weight is 481 g/mol. The number of benzene rings is 3. The molecule has 168 valence electrons. The maximum atomic E-state index is 12.9. The van der Waals surface area contributed by atoms with Crippen molar-refractivity contribution in [1.29, 1.82) is 0 Å². The molecule has 0 aliphatic rings. The molecule has 7 nitrogen and oxygen atoms in total. The van der Waals surface area contributed by atoms with E-state index in [0.717, 1.165) is 17.1 Å². The third-order valence-electron chi connectivity index (χ3n) is 5.03. The summed E-state index contributed by atoms with van der Waals surface area (Å²) in [6, 6.07) is 20.1. The van der Waals surface area contributed by atoms with Crippen LogP contribution in [0.4, 0.5) is 5.69 Å². The number of imidazole rings is 1. The van der Waals surface area contributed by atoms with Crippen molar-refractivity contribution in [3.8, 4) is 5.69 Å². The van der Waals surface area contributed by atoms with Crippen molar-refractivity contribution in [3.05, 3.63) is 107 Å². The molecule has 0 aliphatic heterocycles. The summed E-state index contributed by atoms with van der Waals surface area (Å²) in [4.78, 5) is 17.3. The van der Waals surface area contributed by atoms with Gasteiger partial charge in [-0.15, -0.1) is 0 Å². The van der Waals surface area contributed by atoms with Crippen LogP contribution in [0.5, 0.6) is 0 Å². The number of hydrogen-bond acceptors (Lipinski definition) is 4. The number of halogens is 1. The molecule has 0 radical (unpaired) electrons. The molecule has 0 atom stereocenters. The van der Waals surface area contributed by atoms with Crippen molar-refractivity contribution in [2.45, 2.75) is 18.4 Å². The van der Waals surface area contributed by atoms with Gasteiger partial charge in [0.2, 0.25) is 0 Å². The monoisotopic (exact) mass is 480 g/mol. The molecule has 33 heavy (non-hydrogen) atoms. The molecule has 9 heteroatoms. The molecule has 2 N–H and O–H groups in total. The van der Waals surface area contributed by atoms with Crippen molar-refractivity contribution in [1.82, 2.24) is 14.9 Å². The number of anilines is 1. The number of aromatic nitrogens is 2. The van der Waals surface area contributed by atoms with Gasteiger partial charge in [0.15, 0.2) is 0 Å². The van der Waals surface area contributed by atoms with Crippen molar-refractivity contribution < 1.29 is 13.2 Å². The topological polar surface area (TPSA) is 93.1 Å². The van der Waals surface area contributed by atoms with E-state index in [1.807, 2.05) is 42.0 Å². The van der Waals surface area contributed by atoms with Crippen LogP contribution in [-0.2, 0) is 16.6 Å². The van der Waals surface area contributed by atoms with Gasteiger partial charge >= 0.3 is 0 Å². The molecule has 0 unspecified atom stereocenters. The third kappa shape index (κ3) is 5.08. The Labute approximate surface area is 197 Å². The summed E-state index contributed by atoms with van der Waals surface area (Å²) in [6.45, 7) is 2.15. The first-order valence-corrected chi connectivity index (χ1v) is 11.9. The van der Waals surface area contributed by atoms with E-state index in [1.165, 1.54) is 30.3 Å². The van der Waals surface area contributed by atoms with E-state index in [0.29, 0.717) is 0 Å². The minimum Gasteiger partial charge on any atom is -0.348 e. The Morgan fingerprint density at radius 2 is 1.76 bits per heavy atom. The number of nitrogens with one attached hydrogen (secondary N) is 2. The molecule has 1 heterocycles. The van der Waals surface area contributed by atoms with Crippen molar-refractivity contribution in [2.24, 2.45) is 0 Å². The quantitative estimate of drug-likeness (QED) is 0.405. The zero-order chi connectivity index (χ0) is 23.4. The van der Waals surface area contributed by atoms with Crippen LogP contribution >= 0.6 is 11.6 Å². The Bertz CT molecular complexity index is 1400. The first kappa shape index (κ1) is 22.6. The van der Waals surface area contributed by atoms with E-state index in [1.54, 1.807) is 24.4 Å². The van der Waals surface area contributed by atoms with Gasteiger partial charge in [-0.3, -0.25) is 9.52 Å². The highest BCUT2D eigenvalue weighted by molar-refractivity contribution is 7.92. The second-order valence-electron chi connectivity index (χ2n) is 7.27. The van der Waals surface area contributed by atoms with Crippen LogP contribution in [0, 0.1) is 6.92 Å². The smallest absolute Gasteiger partial charge is 0.261 e. The van der Waals surface area contributed by atoms with Gasteiger partial charge in [-0.05, 0) is 48.9 Å². The Morgan fingerprint density at radius 1 is 1.03 bits per heavy atom. The van der Waals surface area contributed by atoms with Crippen molar-refractivity contribution >= 4 is 33.2 Å². The lowest BCUT2D eigenvalue weighted by Gasteiger charge is -2.14. The second kappa shape index (κ2) is 9.48. The van der Waals surface area contributed by atoms with E-state index < -0.39 is 15.9 Å². The fourth-order valence-corrected chi connectivity index (χ4v) is 4.65. The molecule has 0 saturated heterocycles. The lowest BCUT2D eigenvalue weighted by atomic mass is 10.1. The number of nitrogens with zero attached hydrogens (tertiary/aromatic N) is 2. The van der Waals surface area contributed by atoms with Crippen LogP contribution in [0.25, 0.3) is 5.69 Å². The summed E-state index contributed by atoms with van der Waals surface area (Å²) >= 11 is 6.24. The third-order valence-corrected chi connectivity index (χ3v) is 6.76. The number of sulfonamides is 1. The van der Waals surface area contributed by atoms with Crippen LogP contribution in [-0.4, -0.2) is 23.9 Å². The van der Waals surface area contributed by atoms with Gasteiger partial charge in [-0.2, -0.15) is 0 Å². The zero-order valence-electron chi connectivity index (χ0n) is 17.7. The largest absolute Gasteiger partial charge is 0.348 e. The number of carbonyl (C=O) groups excluding carboxylic acids is 1. The van der Waals surface area contributed by atoms with Crippen LogP contribution in [0.1, 0.15) is 21.7 Å². The van der Waals surface area contributed by atoms with Crippen molar-refractivity contribution in [2.75, 3.05) is 4.72 Å². The van der Waals surface area contributed by atoms with E-state index in [-0.39, 0.29) is 27.7 Å². The van der Waals surface area contributed by atoms with E-state index in [9.17, 15) is 13.2 Å². The molecule has 0 saturated carbocycles. The minimum atomic E-state index is -3.79. The summed E-state index contributed by atoms with van der Waals surface area (Å²) in [5, 5.41) is 3.08. The van der Waals surface area contributed by atoms with E-state index in [4.69, 9.17) is 11.6 Å². The SMILES string of the molecule is Cc1nccn1-c1ccccc1CNC(=O)c1cc(NS(=O)(=O)c2ccccc2)ccc1Cl. The van der Waals surface area contributed by atoms with Crippen LogP contribution in [0.2, 0.25) is 5.02 Å².